The zero-order valence-electron chi connectivity index (χ0n) is 17.6. The normalized spacial score (nSPS) is 11.8. The number of pyridine rings is 1. The SMILES string of the molecule is CCN(CC)S(=O)(=O)c1ccc(C(=O)Nc2ccnc3c2c(=O)n(C)c(=O)n3C)cc1. The number of benzene rings is 1. The molecule has 0 atom stereocenters. The first-order chi connectivity index (χ1) is 14.6. The first kappa shape index (κ1) is 22.4. The van der Waals surface area contributed by atoms with Crippen molar-refractivity contribution in [2.75, 3.05) is 18.4 Å². The summed E-state index contributed by atoms with van der Waals surface area (Å²) in [5.74, 6) is -0.532. The smallest absolute Gasteiger partial charge is 0.321 e. The lowest BCUT2D eigenvalue weighted by Crippen LogP contribution is -2.37. The molecule has 0 spiro atoms. The first-order valence-corrected chi connectivity index (χ1v) is 11.0. The van der Waals surface area contributed by atoms with Crippen molar-refractivity contribution in [1.29, 1.82) is 0 Å². The van der Waals surface area contributed by atoms with E-state index in [2.05, 4.69) is 10.3 Å². The van der Waals surface area contributed by atoms with Gasteiger partial charge in [0, 0.05) is 38.9 Å². The number of rotatable bonds is 6. The molecule has 164 valence electrons. The van der Waals surface area contributed by atoms with Crippen LogP contribution in [0.25, 0.3) is 11.0 Å². The zero-order chi connectivity index (χ0) is 22.9. The second kappa shape index (κ2) is 8.44. The van der Waals surface area contributed by atoms with Crippen molar-refractivity contribution in [2.45, 2.75) is 18.7 Å². The molecule has 0 aliphatic carbocycles. The number of nitrogens with zero attached hydrogens (tertiary/aromatic N) is 4. The monoisotopic (exact) mass is 445 g/mol. The maximum Gasteiger partial charge on any atom is 0.332 e. The van der Waals surface area contributed by atoms with Gasteiger partial charge in [-0.1, -0.05) is 13.8 Å². The lowest BCUT2D eigenvalue weighted by Gasteiger charge is -2.18. The minimum atomic E-state index is -3.63. The van der Waals surface area contributed by atoms with Crippen LogP contribution in [0.3, 0.4) is 0 Å². The zero-order valence-corrected chi connectivity index (χ0v) is 18.4. The van der Waals surface area contributed by atoms with Gasteiger partial charge in [0.1, 0.15) is 5.39 Å². The molecule has 1 aromatic carbocycles. The summed E-state index contributed by atoms with van der Waals surface area (Å²) < 4.78 is 28.7. The standard InChI is InChI=1S/C20H23N5O5S/c1-5-25(6-2)31(29,30)14-9-7-13(8-10-14)18(26)22-15-11-12-21-17-16(15)19(27)24(4)20(28)23(17)3/h7-12H,5-6H2,1-4H3,(H,21,22,26). The lowest BCUT2D eigenvalue weighted by atomic mass is 10.2. The highest BCUT2D eigenvalue weighted by atomic mass is 32.2. The van der Waals surface area contributed by atoms with Crippen molar-refractivity contribution in [3.05, 3.63) is 62.9 Å². The summed E-state index contributed by atoms with van der Waals surface area (Å²) in [5.41, 5.74) is -0.552. The van der Waals surface area contributed by atoms with Crippen molar-refractivity contribution >= 4 is 32.7 Å². The van der Waals surface area contributed by atoms with Gasteiger partial charge in [-0.05, 0) is 30.3 Å². The number of amides is 1. The molecule has 2 heterocycles. The Kier molecular flexibility index (Phi) is 6.09. The highest BCUT2D eigenvalue weighted by Crippen LogP contribution is 2.19. The van der Waals surface area contributed by atoms with Gasteiger partial charge in [-0.3, -0.25) is 18.7 Å². The Balaban J connectivity index is 1.97. The fourth-order valence-electron chi connectivity index (χ4n) is 3.28. The van der Waals surface area contributed by atoms with Gasteiger partial charge in [0.25, 0.3) is 11.5 Å². The average Bonchev–Trinajstić information content (AvgIpc) is 2.76. The molecule has 0 saturated heterocycles. The molecule has 0 radical (unpaired) electrons. The maximum atomic E-state index is 12.7. The number of carbonyl (C=O) groups is 1. The van der Waals surface area contributed by atoms with Gasteiger partial charge in [-0.2, -0.15) is 4.31 Å². The van der Waals surface area contributed by atoms with Gasteiger partial charge in [-0.15, -0.1) is 0 Å². The second-order valence-corrected chi connectivity index (χ2v) is 8.77. The van der Waals surface area contributed by atoms with Crippen LogP contribution >= 0.6 is 0 Å². The number of fused-ring (bicyclic) bond motifs is 1. The number of aryl methyl sites for hydroxylation is 1. The Labute approximate surface area is 178 Å². The topological polar surface area (TPSA) is 123 Å². The van der Waals surface area contributed by atoms with Crippen LogP contribution < -0.4 is 16.6 Å². The third-order valence-electron chi connectivity index (χ3n) is 5.05. The first-order valence-electron chi connectivity index (χ1n) is 9.59. The summed E-state index contributed by atoms with van der Waals surface area (Å²) in [6, 6.07) is 7.02. The number of nitrogens with one attached hydrogen (secondary N) is 1. The minimum absolute atomic E-state index is 0.0889. The molecule has 1 amide bonds. The predicted molar refractivity (Wildman–Crippen MR) is 117 cm³/mol. The molecule has 0 fully saturated rings. The van der Waals surface area contributed by atoms with Crippen LogP contribution in [0.2, 0.25) is 0 Å². The lowest BCUT2D eigenvalue weighted by molar-refractivity contribution is 0.102. The highest BCUT2D eigenvalue weighted by Gasteiger charge is 2.22. The summed E-state index contributed by atoms with van der Waals surface area (Å²) in [6.07, 6.45) is 1.39. The van der Waals surface area contributed by atoms with Gasteiger partial charge < -0.3 is 5.32 Å². The van der Waals surface area contributed by atoms with E-state index in [0.29, 0.717) is 13.1 Å². The van der Waals surface area contributed by atoms with Crippen LogP contribution in [0.1, 0.15) is 24.2 Å². The summed E-state index contributed by atoms with van der Waals surface area (Å²) in [6.45, 7) is 4.19. The minimum Gasteiger partial charge on any atom is -0.321 e. The Morgan fingerprint density at radius 2 is 1.65 bits per heavy atom. The number of carbonyl (C=O) groups excluding carboxylic acids is 1. The molecule has 11 heteroatoms. The Bertz CT molecular complexity index is 1370. The van der Waals surface area contributed by atoms with Crippen LogP contribution in [-0.2, 0) is 24.1 Å². The van der Waals surface area contributed by atoms with E-state index in [1.54, 1.807) is 13.8 Å². The summed E-state index contributed by atoms with van der Waals surface area (Å²) >= 11 is 0. The van der Waals surface area contributed by atoms with E-state index in [1.807, 2.05) is 0 Å². The van der Waals surface area contributed by atoms with Crippen molar-refractivity contribution in [2.24, 2.45) is 14.1 Å². The average molecular weight is 446 g/mol. The predicted octanol–water partition coefficient (Wildman–Crippen LogP) is 0.915. The van der Waals surface area contributed by atoms with Gasteiger partial charge in [0.15, 0.2) is 5.65 Å². The van der Waals surface area contributed by atoms with Crippen molar-refractivity contribution in [3.63, 3.8) is 0 Å². The molecule has 3 aromatic rings. The van der Waals surface area contributed by atoms with E-state index in [1.165, 1.54) is 59.5 Å². The van der Waals surface area contributed by atoms with E-state index < -0.39 is 27.2 Å². The van der Waals surface area contributed by atoms with Crippen molar-refractivity contribution in [1.82, 2.24) is 18.4 Å². The van der Waals surface area contributed by atoms with Crippen LogP contribution in [0.5, 0.6) is 0 Å². The van der Waals surface area contributed by atoms with E-state index in [9.17, 15) is 22.8 Å². The molecule has 1 N–H and O–H groups in total. The van der Waals surface area contributed by atoms with Gasteiger partial charge in [-0.25, -0.2) is 18.2 Å². The molecule has 31 heavy (non-hydrogen) atoms. The highest BCUT2D eigenvalue weighted by molar-refractivity contribution is 7.89. The maximum absolute atomic E-state index is 12.7. The summed E-state index contributed by atoms with van der Waals surface area (Å²) in [5, 5.41) is 2.75. The molecule has 2 aromatic heterocycles. The third kappa shape index (κ3) is 3.89. The van der Waals surface area contributed by atoms with Crippen LogP contribution in [-0.4, -0.2) is 45.8 Å². The molecule has 0 aliphatic heterocycles. The number of sulfonamides is 1. The number of hydrogen-bond acceptors (Lipinski definition) is 6. The Morgan fingerprint density at radius 1 is 1.03 bits per heavy atom. The molecule has 10 nitrogen and oxygen atoms in total. The van der Waals surface area contributed by atoms with Gasteiger partial charge >= 0.3 is 5.69 Å². The van der Waals surface area contributed by atoms with E-state index in [4.69, 9.17) is 0 Å². The fourth-order valence-corrected chi connectivity index (χ4v) is 4.73. The number of anilines is 1. The molecule has 0 saturated carbocycles. The number of aromatic nitrogens is 3. The fraction of sp³-hybridized carbons (Fsp3) is 0.300. The molecular formula is C20H23N5O5S. The van der Waals surface area contributed by atoms with Crippen LogP contribution in [0.4, 0.5) is 5.69 Å². The van der Waals surface area contributed by atoms with Crippen molar-refractivity contribution < 1.29 is 13.2 Å². The second-order valence-electron chi connectivity index (χ2n) is 6.83. The van der Waals surface area contributed by atoms with E-state index >= 15 is 0 Å². The molecule has 3 rings (SSSR count). The van der Waals surface area contributed by atoms with Crippen LogP contribution in [0.15, 0.2) is 51.0 Å². The van der Waals surface area contributed by atoms with E-state index in [0.717, 1.165) is 4.57 Å². The molecule has 0 bridgehead atoms. The third-order valence-corrected chi connectivity index (χ3v) is 7.11. The van der Waals surface area contributed by atoms with Gasteiger partial charge in [0.2, 0.25) is 10.0 Å². The summed E-state index contributed by atoms with van der Waals surface area (Å²) in [7, 11) is -0.805. The summed E-state index contributed by atoms with van der Waals surface area (Å²) in [4.78, 5) is 41.6. The van der Waals surface area contributed by atoms with Crippen LogP contribution in [0, 0.1) is 0 Å². The Morgan fingerprint density at radius 3 is 2.23 bits per heavy atom. The Hall–Kier alpha value is -3.31. The largest absolute Gasteiger partial charge is 0.332 e. The van der Waals surface area contributed by atoms with E-state index in [-0.39, 0.29) is 27.2 Å². The molecule has 0 aliphatic rings. The molecule has 0 unspecified atom stereocenters. The number of hydrogen-bond donors (Lipinski definition) is 1. The van der Waals surface area contributed by atoms with Gasteiger partial charge in [0.05, 0.1) is 10.6 Å². The molecular weight excluding hydrogens is 422 g/mol. The van der Waals surface area contributed by atoms with Crippen molar-refractivity contribution in [3.8, 4) is 0 Å². The quantitative estimate of drug-likeness (QED) is 0.602.